The summed E-state index contributed by atoms with van der Waals surface area (Å²) >= 11 is 1.50. The second kappa shape index (κ2) is 7.64. The average Bonchev–Trinajstić information content (AvgIpc) is 3.57. The molecule has 6 rings (SSSR count). The molecule has 0 bridgehead atoms. The highest BCUT2D eigenvalue weighted by molar-refractivity contribution is 7.17. The van der Waals surface area contributed by atoms with Crippen LogP contribution in [0.25, 0.3) is 54.9 Å². The molecule has 0 aliphatic rings. The summed E-state index contributed by atoms with van der Waals surface area (Å²) in [4.78, 5) is 25.7. The van der Waals surface area contributed by atoms with Gasteiger partial charge in [-0.15, -0.1) is 11.3 Å². The Morgan fingerprint density at radius 3 is 2.65 bits per heavy atom. The number of aryl methyl sites for hydroxylation is 1. The Balaban J connectivity index is 1.51. The molecular formula is C26H19N5O2S. The maximum absolute atomic E-state index is 11.8. The van der Waals surface area contributed by atoms with Crippen molar-refractivity contribution in [3.8, 4) is 38.7 Å². The number of aromatic amines is 2. The van der Waals surface area contributed by atoms with Gasteiger partial charge < -0.3 is 10.1 Å². The highest BCUT2D eigenvalue weighted by Gasteiger charge is 2.17. The van der Waals surface area contributed by atoms with E-state index in [2.05, 4.69) is 50.3 Å². The zero-order chi connectivity index (χ0) is 23.4. The fourth-order valence-electron chi connectivity index (χ4n) is 4.23. The highest BCUT2D eigenvalue weighted by Crippen LogP contribution is 2.38. The molecule has 8 heteroatoms. The Kier molecular flexibility index (Phi) is 4.56. The molecule has 166 valence electrons. The number of rotatable bonds is 4. The maximum atomic E-state index is 11.8. The van der Waals surface area contributed by atoms with Crippen molar-refractivity contribution < 1.29 is 9.90 Å². The van der Waals surface area contributed by atoms with Crippen molar-refractivity contribution in [2.24, 2.45) is 0 Å². The van der Waals surface area contributed by atoms with E-state index in [1.54, 1.807) is 25.4 Å². The number of nitrogens with one attached hydrogen (secondary N) is 2. The number of ketones is 1. The first kappa shape index (κ1) is 20.3. The predicted molar refractivity (Wildman–Crippen MR) is 134 cm³/mol. The van der Waals surface area contributed by atoms with Crippen LogP contribution in [0.3, 0.4) is 0 Å². The second-order valence-electron chi connectivity index (χ2n) is 8.25. The van der Waals surface area contributed by atoms with Crippen LogP contribution in [-0.2, 0) is 0 Å². The van der Waals surface area contributed by atoms with Crippen LogP contribution in [0.15, 0.2) is 61.1 Å². The summed E-state index contributed by atoms with van der Waals surface area (Å²) in [5, 5.41) is 19.3. The van der Waals surface area contributed by atoms with E-state index >= 15 is 0 Å². The van der Waals surface area contributed by atoms with Gasteiger partial charge in [-0.3, -0.25) is 14.9 Å². The highest BCUT2D eigenvalue weighted by atomic mass is 32.1. The van der Waals surface area contributed by atoms with Crippen molar-refractivity contribution in [1.82, 2.24) is 25.1 Å². The molecule has 7 nitrogen and oxygen atoms in total. The first-order valence-corrected chi connectivity index (χ1v) is 11.5. The molecule has 0 amide bonds. The number of hydrogen-bond donors (Lipinski definition) is 3. The maximum Gasteiger partial charge on any atom is 0.181 e. The third-order valence-electron chi connectivity index (χ3n) is 5.96. The summed E-state index contributed by atoms with van der Waals surface area (Å²) < 4.78 is 0. The number of fused-ring (bicyclic) bond motifs is 2. The van der Waals surface area contributed by atoms with Gasteiger partial charge in [-0.2, -0.15) is 5.10 Å². The van der Waals surface area contributed by atoms with Crippen LogP contribution < -0.4 is 0 Å². The van der Waals surface area contributed by atoms with E-state index in [4.69, 9.17) is 0 Å². The predicted octanol–water partition coefficient (Wildman–Crippen LogP) is 6.11. The van der Waals surface area contributed by atoms with E-state index in [0.29, 0.717) is 5.65 Å². The van der Waals surface area contributed by atoms with E-state index in [-0.39, 0.29) is 11.5 Å². The summed E-state index contributed by atoms with van der Waals surface area (Å²) in [6.07, 6.45) is 4.81. The molecule has 0 spiro atoms. The van der Waals surface area contributed by atoms with Crippen molar-refractivity contribution in [3.05, 3.63) is 71.5 Å². The number of thiophene rings is 1. The molecule has 0 aliphatic carbocycles. The molecule has 3 N–H and O–H groups in total. The number of aromatic nitrogens is 5. The Hall–Kier alpha value is -4.30. The number of hydrogen-bond acceptors (Lipinski definition) is 6. The third kappa shape index (κ3) is 3.27. The number of aromatic hydroxyl groups is 1. The Bertz CT molecular complexity index is 1730. The molecule has 0 saturated heterocycles. The van der Waals surface area contributed by atoms with Crippen molar-refractivity contribution in [2.45, 2.75) is 13.8 Å². The zero-order valence-corrected chi connectivity index (χ0v) is 19.2. The Morgan fingerprint density at radius 1 is 1.00 bits per heavy atom. The molecule has 5 aromatic heterocycles. The lowest BCUT2D eigenvalue weighted by atomic mass is 10.0. The lowest BCUT2D eigenvalue weighted by Gasteiger charge is -2.03. The van der Waals surface area contributed by atoms with Gasteiger partial charge in [0.15, 0.2) is 11.4 Å². The van der Waals surface area contributed by atoms with Crippen LogP contribution in [0.4, 0.5) is 0 Å². The number of carbonyl (C=O) groups excluding carboxylic acids is 1. The minimum Gasteiger partial charge on any atom is -0.506 e. The quantitative estimate of drug-likeness (QED) is 0.272. The van der Waals surface area contributed by atoms with Crippen LogP contribution in [0.5, 0.6) is 5.75 Å². The van der Waals surface area contributed by atoms with Gasteiger partial charge in [0.2, 0.25) is 0 Å². The van der Waals surface area contributed by atoms with E-state index < -0.39 is 0 Å². The number of H-pyrrole nitrogens is 2. The molecule has 0 atom stereocenters. The third-order valence-corrected chi connectivity index (χ3v) is 7.18. The smallest absolute Gasteiger partial charge is 0.181 e. The Labute approximate surface area is 198 Å². The number of carbonyl (C=O) groups is 1. The standard InChI is InChI=1S/C26H19N5O2S/c1-13-3-4-18(23-6-5-22(34-23)14(2)32)19-9-21(29-24(13)19)25-20-8-16(11-28-26(20)31-30-25)15-7-17(33)12-27-10-15/h3-12,29,33H,1-2H3,(H,28,30,31). The topological polar surface area (TPSA) is 108 Å². The number of Topliss-reactive ketones (excluding diaryl/α,β-unsaturated/α-hetero) is 1. The monoisotopic (exact) mass is 465 g/mol. The van der Waals surface area contributed by atoms with Gasteiger partial charge >= 0.3 is 0 Å². The normalized spacial score (nSPS) is 11.5. The molecule has 1 aromatic carbocycles. The SMILES string of the molecule is CC(=O)c1ccc(-c2ccc(C)c3[nH]c(-c4[nH]nc5ncc(-c6cncc(O)c6)cc45)cc23)s1. The molecule has 6 aromatic rings. The van der Waals surface area contributed by atoms with Crippen molar-refractivity contribution in [1.29, 1.82) is 0 Å². The first-order valence-electron chi connectivity index (χ1n) is 10.7. The first-order chi connectivity index (χ1) is 16.5. The largest absolute Gasteiger partial charge is 0.506 e. The number of pyridine rings is 2. The van der Waals surface area contributed by atoms with E-state index in [1.165, 1.54) is 17.5 Å². The summed E-state index contributed by atoms with van der Waals surface area (Å²) in [5.41, 5.74) is 7.17. The number of benzene rings is 1. The number of nitrogens with zero attached hydrogens (tertiary/aromatic N) is 3. The van der Waals surface area contributed by atoms with Crippen LogP contribution in [0, 0.1) is 6.92 Å². The van der Waals surface area contributed by atoms with Crippen molar-refractivity contribution in [3.63, 3.8) is 0 Å². The van der Waals surface area contributed by atoms with E-state index in [0.717, 1.165) is 59.7 Å². The van der Waals surface area contributed by atoms with Gasteiger partial charge in [-0.25, -0.2) is 4.98 Å². The lowest BCUT2D eigenvalue weighted by molar-refractivity contribution is 0.102. The second-order valence-corrected chi connectivity index (χ2v) is 9.33. The van der Waals surface area contributed by atoms with Crippen LogP contribution in [0.2, 0.25) is 0 Å². The van der Waals surface area contributed by atoms with Crippen LogP contribution in [0.1, 0.15) is 22.2 Å². The van der Waals surface area contributed by atoms with Gasteiger partial charge in [0.25, 0.3) is 0 Å². The Morgan fingerprint density at radius 2 is 1.85 bits per heavy atom. The minimum atomic E-state index is 0.0727. The summed E-state index contributed by atoms with van der Waals surface area (Å²) in [7, 11) is 0. The molecule has 0 fully saturated rings. The van der Waals surface area contributed by atoms with Crippen LogP contribution in [-0.4, -0.2) is 36.0 Å². The summed E-state index contributed by atoms with van der Waals surface area (Å²) in [6.45, 7) is 3.66. The lowest BCUT2D eigenvalue weighted by Crippen LogP contribution is -1.84. The fourth-order valence-corrected chi connectivity index (χ4v) is 5.17. The van der Waals surface area contributed by atoms with Crippen molar-refractivity contribution >= 4 is 39.1 Å². The minimum absolute atomic E-state index is 0.0727. The molecule has 34 heavy (non-hydrogen) atoms. The van der Waals surface area contributed by atoms with Crippen molar-refractivity contribution in [2.75, 3.05) is 0 Å². The van der Waals surface area contributed by atoms with Gasteiger partial charge in [0.1, 0.15) is 5.75 Å². The fraction of sp³-hybridized carbons (Fsp3) is 0.0769. The van der Waals surface area contributed by atoms with E-state index in [9.17, 15) is 9.90 Å². The van der Waals surface area contributed by atoms with Crippen LogP contribution >= 0.6 is 11.3 Å². The van der Waals surface area contributed by atoms with Gasteiger partial charge in [-0.1, -0.05) is 12.1 Å². The summed E-state index contributed by atoms with van der Waals surface area (Å²) in [5.74, 6) is 0.175. The summed E-state index contributed by atoms with van der Waals surface area (Å²) in [6, 6.07) is 13.8. The van der Waals surface area contributed by atoms with Gasteiger partial charge in [-0.05, 0) is 49.7 Å². The van der Waals surface area contributed by atoms with E-state index in [1.807, 2.05) is 18.2 Å². The molecule has 0 unspecified atom stereocenters. The average molecular weight is 466 g/mol. The zero-order valence-electron chi connectivity index (χ0n) is 18.4. The molecule has 0 radical (unpaired) electrons. The van der Waals surface area contributed by atoms with Gasteiger partial charge in [0, 0.05) is 50.3 Å². The molecule has 0 saturated carbocycles. The van der Waals surface area contributed by atoms with Gasteiger partial charge in [0.05, 0.1) is 22.5 Å². The molecule has 5 heterocycles. The molecular weight excluding hydrogens is 446 g/mol. The molecule has 0 aliphatic heterocycles.